The molecule has 0 saturated heterocycles. The molecular weight excluding hydrogens is 395 g/mol. The number of hydrogen-bond donors (Lipinski definition) is 1. The van der Waals surface area contributed by atoms with E-state index in [1.165, 1.54) is 19.2 Å². The van der Waals surface area contributed by atoms with E-state index in [4.69, 9.17) is 21.1 Å². The normalized spacial score (nSPS) is 10.9. The molecule has 0 radical (unpaired) electrons. The molecule has 0 aliphatic heterocycles. The molecule has 0 atom stereocenters. The SMILES string of the molecule is COc1cc(-c2nc3ccccc3c(=O)[nH]2)ccc1OCc1ccc(F)cc1Cl. The fraction of sp³-hybridized carbons (Fsp3) is 0.0909. The number of rotatable bonds is 5. The lowest BCUT2D eigenvalue weighted by atomic mass is 10.1. The highest BCUT2D eigenvalue weighted by molar-refractivity contribution is 6.31. The molecule has 0 fully saturated rings. The first-order valence-corrected chi connectivity index (χ1v) is 9.17. The summed E-state index contributed by atoms with van der Waals surface area (Å²) in [5.74, 6) is 0.981. The maximum absolute atomic E-state index is 13.2. The first-order chi connectivity index (χ1) is 14.0. The molecule has 4 rings (SSSR count). The summed E-state index contributed by atoms with van der Waals surface area (Å²) in [6, 6.07) is 16.5. The van der Waals surface area contributed by atoms with E-state index in [1.54, 1.807) is 42.5 Å². The van der Waals surface area contributed by atoms with Crippen LogP contribution in [-0.4, -0.2) is 17.1 Å². The summed E-state index contributed by atoms with van der Waals surface area (Å²) in [7, 11) is 1.52. The first-order valence-electron chi connectivity index (χ1n) is 8.79. The first kappa shape index (κ1) is 19.0. The largest absolute Gasteiger partial charge is 0.493 e. The van der Waals surface area contributed by atoms with Crippen molar-refractivity contribution in [2.24, 2.45) is 0 Å². The van der Waals surface area contributed by atoms with Crippen molar-refractivity contribution in [2.45, 2.75) is 6.61 Å². The molecule has 3 aromatic carbocycles. The molecule has 0 saturated carbocycles. The lowest BCUT2D eigenvalue weighted by Gasteiger charge is -2.13. The lowest BCUT2D eigenvalue weighted by molar-refractivity contribution is 0.284. The lowest BCUT2D eigenvalue weighted by Crippen LogP contribution is -2.09. The van der Waals surface area contributed by atoms with Crippen LogP contribution in [0, 0.1) is 5.82 Å². The number of nitrogens with zero attached hydrogens (tertiary/aromatic N) is 1. The zero-order valence-corrected chi connectivity index (χ0v) is 16.2. The van der Waals surface area contributed by atoms with Crippen LogP contribution in [0.1, 0.15) is 5.56 Å². The highest BCUT2D eigenvalue weighted by Crippen LogP contribution is 2.32. The molecule has 1 N–H and O–H groups in total. The van der Waals surface area contributed by atoms with Crippen LogP contribution in [-0.2, 0) is 6.61 Å². The van der Waals surface area contributed by atoms with Crippen LogP contribution in [0.25, 0.3) is 22.3 Å². The standard InChI is InChI=1S/C22H16ClFN2O3/c1-28-20-10-13(21-25-18-5-3-2-4-16(18)22(27)26-21)7-9-19(20)29-12-14-6-8-15(24)11-17(14)23/h2-11H,12H2,1H3,(H,25,26,27). The number of hydrogen-bond acceptors (Lipinski definition) is 4. The Labute approximate surface area is 170 Å². The van der Waals surface area contributed by atoms with Crippen molar-refractivity contribution < 1.29 is 13.9 Å². The number of aromatic amines is 1. The average Bonchev–Trinajstić information content (AvgIpc) is 2.73. The maximum Gasteiger partial charge on any atom is 0.259 e. The minimum atomic E-state index is -0.405. The van der Waals surface area contributed by atoms with Crippen LogP contribution in [0.3, 0.4) is 0 Å². The highest BCUT2D eigenvalue weighted by atomic mass is 35.5. The number of fused-ring (bicyclic) bond motifs is 1. The molecule has 0 amide bonds. The Hall–Kier alpha value is -3.38. The molecule has 0 unspecified atom stereocenters. The third kappa shape index (κ3) is 3.93. The molecule has 0 aliphatic rings. The van der Waals surface area contributed by atoms with Gasteiger partial charge in [-0.05, 0) is 42.5 Å². The molecule has 7 heteroatoms. The Bertz CT molecular complexity index is 1260. The Kier molecular flexibility index (Phi) is 5.18. The second-order valence-electron chi connectivity index (χ2n) is 6.32. The zero-order chi connectivity index (χ0) is 20.4. The zero-order valence-electron chi connectivity index (χ0n) is 15.4. The van der Waals surface area contributed by atoms with Gasteiger partial charge in [-0.2, -0.15) is 0 Å². The second-order valence-corrected chi connectivity index (χ2v) is 6.73. The highest BCUT2D eigenvalue weighted by Gasteiger charge is 2.11. The van der Waals surface area contributed by atoms with Gasteiger partial charge in [0.1, 0.15) is 18.2 Å². The van der Waals surface area contributed by atoms with E-state index in [-0.39, 0.29) is 12.2 Å². The summed E-state index contributed by atoms with van der Waals surface area (Å²) in [6.07, 6.45) is 0. The number of benzene rings is 3. The van der Waals surface area contributed by atoms with Gasteiger partial charge in [0.25, 0.3) is 5.56 Å². The summed E-state index contributed by atoms with van der Waals surface area (Å²) in [6.45, 7) is 0.153. The van der Waals surface area contributed by atoms with Crippen LogP contribution in [0.4, 0.5) is 4.39 Å². The Balaban J connectivity index is 1.64. The number of ether oxygens (including phenoxy) is 2. The number of methoxy groups -OCH3 is 1. The van der Waals surface area contributed by atoms with Gasteiger partial charge in [0.2, 0.25) is 0 Å². The number of H-pyrrole nitrogens is 1. The van der Waals surface area contributed by atoms with E-state index >= 15 is 0 Å². The molecule has 0 spiro atoms. The van der Waals surface area contributed by atoms with Crippen molar-refractivity contribution in [3.8, 4) is 22.9 Å². The van der Waals surface area contributed by atoms with Crippen molar-refractivity contribution in [1.29, 1.82) is 0 Å². The molecule has 4 aromatic rings. The number of para-hydroxylation sites is 1. The van der Waals surface area contributed by atoms with Gasteiger partial charge in [-0.25, -0.2) is 9.37 Å². The van der Waals surface area contributed by atoms with Crippen LogP contribution >= 0.6 is 11.6 Å². The summed E-state index contributed by atoms with van der Waals surface area (Å²) in [5.41, 5.74) is 1.73. The Morgan fingerprint density at radius 2 is 1.90 bits per heavy atom. The molecule has 1 aromatic heterocycles. The van der Waals surface area contributed by atoms with Crippen LogP contribution < -0.4 is 15.0 Å². The third-order valence-corrected chi connectivity index (χ3v) is 4.80. The number of aromatic nitrogens is 2. The van der Waals surface area contributed by atoms with E-state index in [0.29, 0.717) is 44.4 Å². The van der Waals surface area contributed by atoms with Crippen molar-refractivity contribution in [2.75, 3.05) is 7.11 Å². The quantitative estimate of drug-likeness (QED) is 0.504. The summed E-state index contributed by atoms with van der Waals surface area (Å²) >= 11 is 6.04. The van der Waals surface area contributed by atoms with Crippen molar-refractivity contribution in [1.82, 2.24) is 9.97 Å². The predicted octanol–water partition coefficient (Wildman–Crippen LogP) is 4.97. The van der Waals surface area contributed by atoms with E-state index < -0.39 is 5.82 Å². The van der Waals surface area contributed by atoms with Crippen molar-refractivity contribution in [3.63, 3.8) is 0 Å². The van der Waals surface area contributed by atoms with Crippen LogP contribution in [0.5, 0.6) is 11.5 Å². The van der Waals surface area contributed by atoms with Gasteiger partial charge in [0.15, 0.2) is 11.5 Å². The van der Waals surface area contributed by atoms with Gasteiger partial charge in [-0.1, -0.05) is 29.8 Å². The van der Waals surface area contributed by atoms with E-state index in [0.717, 1.165) is 0 Å². The minimum absolute atomic E-state index is 0.153. The molecular formula is C22H16ClFN2O3. The molecule has 146 valence electrons. The molecule has 1 heterocycles. The number of nitrogens with one attached hydrogen (secondary N) is 1. The fourth-order valence-electron chi connectivity index (χ4n) is 2.95. The topological polar surface area (TPSA) is 64.2 Å². The summed E-state index contributed by atoms with van der Waals surface area (Å²) in [5, 5.41) is 0.817. The Morgan fingerprint density at radius 1 is 1.07 bits per heavy atom. The van der Waals surface area contributed by atoms with Gasteiger partial charge in [0.05, 0.1) is 23.0 Å². The Morgan fingerprint density at radius 3 is 2.69 bits per heavy atom. The van der Waals surface area contributed by atoms with Gasteiger partial charge in [0, 0.05) is 11.1 Å². The van der Waals surface area contributed by atoms with Crippen LogP contribution in [0.2, 0.25) is 5.02 Å². The smallest absolute Gasteiger partial charge is 0.259 e. The predicted molar refractivity (Wildman–Crippen MR) is 110 cm³/mol. The van der Waals surface area contributed by atoms with E-state index in [2.05, 4.69) is 9.97 Å². The summed E-state index contributed by atoms with van der Waals surface area (Å²) < 4.78 is 24.4. The molecule has 5 nitrogen and oxygen atoms in total. The maximum atomic E-state index is 13.2. The van der Waals surface area contributed by atoms with Gasteiger partial charge in [-0.15, -0.1) is 0 Å². The summed E-state index contributed by atoms with van der Waals surface area (Å²) in [4.78, 5) is 19.6. The monoisotopic (exact) mass is 410 g/mol. The number of halogens is 2. The average molecular weight is 411 g/mol. The third-order valence-electron chi connectivity index (χ3n) is 4.45. The van der Waals surface area contributed by atoms with Gasteiger partial charge < -0.3 is 14.5 Å². The van der Waals surface area contributed by atoms with E-state index in [9.17, 15) is 9.18 Å². The van der Waals surface area contributed by atoms with Gasteiger partial charge in [-0.3, -0.25) is 4.79 Å². The van der Waals surface area contributed by atoms with E-state index in [1.807, 2.05) is 6.07 Å². The molecule has 0 aliphatic carbocycles. The van der Waals surface area contributed by atoms with Gasteiger partial charge >= 0.3 is 0 Å². The molecule has 0 bridgehead atoms. The minimum Gasteiger partial charge on any atom is -0.493 e. The van der Waals surface area contributed by atoms with Crippen molar-refractivity contribution >= 4 is 22.5 Å². The molecule has 29 heavy (non-hydrogen) atoms. The fourth-order valence-corrected chi connectivity index (χ4v) is 3.17. The second kappa shape index (κ2) is 7.93. The van der Waals surface area contributed by atoms with Crippen molar-refractivity contribution in [3.05, 3.63) is 87.4 Å². The van der Waals surface area contributed by atoms with Crippen LogP contribution in [0.15, 0.2) is 65.5 Å².